The number of nitrogens with one attached hydrogen (secondary N) is 1. The van der Waals surface area contributed by atoms with Crippen LogP contribution in [0.25, 0.3) is 0 Å². The van der Waals surface area contributed by atoms with Gasteiger partial charge in [0.05, 0.1) is 12.7 Å². The van der Waals surface area contributed by atoms with Gasteiger partial charge in [-0.3, -0.25) is 10.2 Å². The standard InChI is InChI=1S/C15H29N3O2/c1-4-17-15(13-16)7-6-14(12-15)18(9-11-20-3)8-5-10-19-2/h14,17H,4-12H2,1-3H3. The minimum Gasteiger partial charge on any atom is -0.385 e. The van der Waals surface area contributed by atoms with E-state index < -0.39 is 0 Å². The van der Waals surface area contributed by atoms with Crippen LogP contribution in [0.2, 0.25) is 0 Å². The van der Waals surface area contributed by atoms with E-state index in [-0.39, 0.29) is 5.54 Å². The van der Waals surface area contributed by atoms with Gasteiger partial charge in [-0.2, -0.15) is 5.26 Å². The maximum atomic E-state index is 9.46. The molecule has 0 aromatic heterocycles. The summed E-state index contributed by atoms with van der Waals surface area (Å²) in [6.07, 6.45) is 3.96. The molecule has 1 rings (SSSR count). The second-order valence-corrected chi connectivity index (χ2v) is 5.50. The highest BCUT2D eigenvalue weighted by atomic mass is 16.5. The monoisotopic (exact) mass is 283 g/mol. The van der Waals surface area contributed by atoms with Gasteiger partial charge in [-0.05, 0) is 32.2 Å². The third-order valence-electron chi connectivity index (χ3n) is 4.11. The quantitative estimate of drug-likeness (QED) is 0.614. The molecule has 0 bridgehead atoms. The van der Waals surface area contributed by atoms with E-state index in [1.165, 1.54) is 0 Å². The summed E-state index contributed by atoms with van der Waals surface area (Å²) < 4.78 is 10.3. The second-order valence-electron chi connectivity index (χ2n) is 5.50. The molecule has 1 fully saturated rings. The van der Waals surface area contributed by atoms with Crippen LogP contribution < -0.4 is 5.32 Å². The molecule has 1 N–H and O–H groups in total. The molecular weight excluding hydrogens is 254 g/mol. The highest BCUT2D eigenvalue weighted by Crippen LogP contribution is 2.32. The first-order chi connectivity index (χ1) is 9.71. The summed E-state index contributed by atoms with van der Waals surface area (Å²) >= 11 is 0. The number of methoxy groups -OCH3 is 2. The van der Waals surface area contributed by atoms with Crippen LogP contribution in [0.1, 0.15) is 32.6 Å². The Bertz CT molecular complexity index is 306. The van der Waals surface area contributed by atoms with Crippen molar-refractivity contribution in [3.8, 4) is 6.07 Å². The minimum absolute atomic E-state index is 0.327. The lowest BCUT2D eigenvalue weighted by Crippen LogP contribution is -2.44. The van der Waals surface area contributed by atoms with Crippen LogP contribution in [-0.2, 0) is 9.47 Å². The molecule has 0 aromatic rings. The Labute approximate surface area is 123 Å². The Morgan fingerprint density at radius 3 is 2.65 bits per heavy atom. The highest BCUT2D eigenvalue weighted by Gasteiger charge is 2.40. The number of hydrogen-bond donors (Lipinski definition) is 1. The van der Waals surface area contributed by atoms with Crippen molar-refractivity contribution in [1.29, 1.82) is 5.26 Å². The van der Waals surface area contributed by atoms with Crippen LogP contribution in [0.15, 0.2) is 0 Å². The zero-order valence-electron chi connectivity index (χ0n) is 13.2. The highest BCUT2D eigenvalue weighted by molar-refractivity contribution is 5.13. The van der Waals surface area contributed by atoms with E-state index in [9.17, 15) is 5.26 Å². The molecule has 5 nitrogen and oxygen atoms in total. The number of nitrogens with zero attached hydrogens (tertiary/aromatic N) is 2. The van der Waals surface area contributed by atoms with Crippen LogP contribution in [0, 0.1) is 11.3 Å². The summed E-state index contributed by atoms with van der Waals surface area (Å²) in [5, 5.41) is 12.8. The van der Waals surface area contributed by atoms with Gasteiger partial charge in [0.25, 0.3) is 0 Å². The van der Waals surface area contributed by atoms with Crippen molar-refractivity contribution >= 4 is 0 Å². The lowest BCUT2D eigenvalue weighted by molar-refractivity contribution is 0.105. The van der Waals surface area contributed by atoms with Gasteiger partial charge < -0.3 is 9.47 Å². The zero-order chi connectivity index (χ0) is 14.8. The number of rotatable bonds is 10. The SMILES string of the molecule is CCNC1(C#N)CCC(N(CCCOC)CCOC)C1. The van der Waals surface area contributed by atoms with Crippen molar-refractivity contribution in [1.82, 2.24) is 10.2 Å². The van der Waals surface area contributed by atoms with Crippen molar-refractivity contribution in [3.05, 3.63) is 0 Å². The molecule has 2 atom stereocenters. The molecule has 0 amide bonds. The molecular formula is C15H29N3O2. The van der Waals surface area contributed by atoms with Crippen molar-refractivity contribution in [3.63, 3.8) is 0 Å². The van der Waals surface area contributed by atoms with Gasteiger partial charge in [-0.1, -0.05) is 6.92 Å². The molecule has 1 saturated carbocycles. The summed E-state index contributed by atoms with van der Waals surface area (Å²) in [6.45, 7) is 6.38. The molecule has 0 radical (unpaired) electrons. The van der Waals surface area contributed by atoms with Gasteiger partial charge in [0.15, 0.2) is 0 Å². The maximum absolute atomic E-state index is 9.46. The van der Waals surface area contributed by atoms with E-state index in [1.807, 2.05) is 0 Å². The van der Waals surface area contributed by atoms with Gasteiger partial charge in [0.2, 0.25) is 0 Å². The van der Waals surface area contributed by atoms with Gasteiger partial charge in [-0.15, -0.1) is 0 Å². The predicted octanol–water partition coefficient (Wildman–Crippen LogP) is 1.40. The number of nitriles is 1. The first-order valence-corrected chi connectivity index (χ1v) is 7.59. The molecule has 0 heterocycles. The smallest absolute Gasteiger partial charge is 0.108 e. The summed E-state index contributed by atoms with van der Waals surface area (Å²) in [5.74, 6) is 0. The molecule has 1 aliphatic rings. The van der Waals surface area contributed by atoms with Crippen LogP contribution in [0.4, 0.5) is 0 Å². The lowest BCUT2D eigenvalue weighted by Gasteiger charge is -2.30. The molecule has 0 spiro atoms. The van der Waals surface area contributed by atoms with Crippen LogP contribution in [0.5, 0.6) is 0 Å². The lowest BCUT2D eigenvalue weighted by atomic mass is 9.99. The van der Waals surface area contributed by atoms with Crippen LogP contribution >= 0.6 is 0 Å². The Kier molecular flexibility index (Phi) is 8.08. The summed E-state index contributed by atoms with van der Waals surface area (Å²) in [7, 11) is 3.47. The number of ether oxygens (including phenoxy) is 2. The van der Waals surface area contributed by atoms with Crippen molar-refractivity contribution in [2.24, 2.45) is 0 Å². The Morgan fingerprint density at radius 2 is 2.05 bits per heavy atom. The maximum Gasteiger partial charge on any atom is 0.108 e. The minimum atomic E-state index is -0.327. The third-order valence-corrected chi connectivity index (χ3v) is 4.11. The van der Waals surface area contributed by atoms with Crippen molar-refractivity contribution in [2.45, 2.75) is 44.2 Å². The molecule has 0 saturated heterocycles. The fourth-order valence-corrected chi connectivity index (χ4v) is 3.07. The zero-order valence-corrected chi connectivity index (χ0v) is 13.2. The van der Waals surface area contributed by atoms with Gasteiger partial charge >= 0.3 is 0 Å². The summed E-state index contributed by atoms with van der Waals surface area (Å²) in [4.78, 5) is 2.46. The predicted molar refractivity (Wildman–Crippen MR) is 79.6 cm³/mol. The normalized spacial score (nSPS) is 26.1. The molecule has 0 aliphatic heterocycles. The summed E-state index contributed by atoms with van der Waals surface area (Å²) in [6, 6.07) is 2.97. The fourth-order valence-electron chi connectivity index (χ4n) is 3.07. The second kappa shape index (κ2) is 9.30. The van der Waals surface area contributed by atoms with Gasteiger partial charge in [-0.25, -0.2) is 0 Å². The van der Waals surface area contributed by atoms with E-state index in [4.69, 9.17) is 9.47 Å². The Morgan fingerprint density at radius 1 is 1.30 bits per heavy atom. The first kappa shape index (κ1) is 17.4. The van der Waals surface area contributed by atoms with E-state index in [1.54, 1.807) is 14.2 Å². The molecule has 116 valence electrons. The largest absolute Gasteiger partial charge is 0.385 e. The van der Waals surface area contributed by atoms with Gasteiger partial charge in [0, 0.05) is 40.0 Å². The molecule has 20 heavy (non-hydrogen) atoms. The van der Waals surface area contributed by atoms with E-state index >= 15 is 0 Å². The van der Waals surface area contributed by atoms with E-state index in [2.05, 4.69) is 23.2 Å². The van der Waals surface area contributed by atoms with Crippen molar-refractivity contribution < 1.29 is 9.47 Å². The molecule has 0 aromatic carbocycles. The Hall–Kier alpha value is -0.670. The molecule has 2 unspecified atom stereocenters. The van der Waals surface area contributed by atoms with E-state index in [0.717, 1.165) is 58.5 Å². The average molecular weight is 283 g/mol. The first-order valence-electron chi connectivity index (χ1n) is 7.59. The van der Waals surface area contributed by atoms with Gasteiger partial charge in [0.1, 0.15) is 5.54 Å². The molecule has 5 heteroatoms. The number of hydrogen-bond acceptors (Lipinski definition) is 5. The van der Waals surface area contributed by atoms with Crippen LogP contribution in [0.3, 0.4) is 0 Å². The van der Waals surface area contributed by atoms with Crippen LogP contribution in [-0.4, -0.2) is 63.5 Å². The Balaban J connectivity index is 2.56. The molecule has 1 aliphatic carbocycles. The average Bonchev–Trinajstić information content (AvgIpc) is 2.88. The third kappa shape index (κ3) is 5.02. The topological polar surface area (TPSA) is 57.5 Å². The van der Waals surface area contributed by atoms with Crippen molar-refractivity contribution in [2.75, 3.05) is 47.1 Å². The van der Waals surface area contributed by atoms with E-state index in [0.29, 0.717) is 6.04 Å². The fraction of sp³-hybridized carbons (Fsp3) is 0.933. The summed E-state index contributed by atoms with van der Waals surface area (Å²) in [5.41, 5.74) is -0.327.